The van der Waals surface area contributed by atoms with Crippen LogP contribution in [-0.4, -0.2) is 45.1 Å². The highest BCUT2D eigenvalue weighted by molar-refractivity contribution is 8.00. The molecule has 0 bridgehead atoms. The summed E-state index contributed by atoms with van der Waals surface area (Å²) in [4.78, 5) is 36.2. The lowest BCUT2D eigenvalue weighted by Crippen LogP contribution is -2.46. The standard InChI is InChI=1S/C16H21N3O5S/c1-16(2,3)24-15(21)18-8-9-25-14(18)13(20)17-10-11-4-6-12(7-5-11)19(22)23/h4-7,14H,8-10H2,1-3H3,(H,17,20). The van der Waals surface area contributed by atoms with Gasteiger partial charge >= 0.3 is 6.09 Å². The predicted octanol–water partition coefficient (Wildman–Crippen LogP) is 2.52. The second kappa shape index (κ2) is 7.73. The maximum Gasteiger partial charge on any atom is 0.411 e. The van der Waals surface area contributed by atoms with E-state index >= 15 is 0 Å². The molecule has 0 spiro atoms. The third-order valence-corrected chi connectivity index (χ3v) is 4.56. The van der Waals surface area contributed by atoms with Gasteiger partial charge in [0.05, 0.1) is 4.92 Å². The first-order valence-electron chi connectivity index (χ1n) is 7.79. The summed E-state index contributed by atoms with van der Waals surface area (Å²) in [6.07, 6.45) is -0.506. The van der Waals surface area contributed by atoms with Gasteiger partial charge in [0, 0.05) is 31.0 Å². The molecular weight excluding hydrogens is 346 g/mol. The fourth-order valence-corrected chi connectivity index (χ4v) is 3.34. The Kier molecular flexibility index (Phi) is 5.89. The molecule has 2 amide bonds. The average molecular weight is 367 g/mol. The Bertz CT molecular complexity index is 657. The molecule has 1 N–H and O–H groups in total. The van der Waals surface area contributed by atoms with Gasteiger partial charge in [0.2, 0.25) is 0 Å². The summed E-state index contributed by atoms with van der Waals surface area (Å²) in [6, 6.07) is 5.95. The first kappa shape index (κ1) is 19.0. The van der Waals surface area contributed by atoms with E-state index in [-0.39, 0.29) is 18.1 Å². The van der Waals surface area contributed by atoms with Crippen LogP contribution >= 0.6 is 11.8 Å². The Morgan fingerprint density at radius 3 is 2.56 bits per heavy atom. The molecule has 25 heavy (non-hydrogen) atoms. The lowest BCUT2D eigenvalue weighted by molar-refractivity contribution is -0.384. The third kappa shape index (κ3) is 5.35. The molecule has 0 aliphatic carbocycles. The lowest BCUT2D eigenvalue weighted by Gasteiger charge is -2.27. The van der Waals surface area contributed by atoms with Crippen LogP contribution < -0.4 is 5.32 Å². The Hall–Kier alpha value is -2.29. The number of hydrogen-bond acceptors (Lipinski definition) is 6. The van der Waals surface area contributed by atoms with Gasteiger partial charge in [-0.15, -0.1) is 11.8 Å². The van der Waals surface area contributed by atoms with Crippen LogP contribution in [0.15, 0.2) is 24.3 Å². The SMILES string of the molecule is CC(C)(C)OC(=O)N1CCSC1C(=O)NCc1ccc([N+](=O)[O-])cc1. The molecule has 9 heteroatoms. The number of benzene rings is 1. The summed E-state index contributed by atoms with van der Waals surface area (Å²) in [5, 5.41) is 12.8. The van der Waals surface area contributed by atoms with E-state index in [4.69, 9.17) is 4.74 Å². The van der Waals surface area contributed by atoms with E-state index in [1.165, 1.54) is 28.8 Å². The van der Waals surface area contributed by atoms with Crippen LogP contribution in [0.2, 0.25) is 0 Å². The monoisotopic (exact) mass is 367 g/mol. The number of rotatable bonds is 4. The molecule has 1 aromatic carbocycles. The van der Waals surface area contributed by atoms with Crippen molar-refractivity contribution in [3.8, 4) is 0 Å². The van der Waals surface area contributed by atoms with Crippen LogP contribution in [0.1, 0.15) is 26.3 Å². The lowest BCUT2D eigenvalue weighted by atomic mass is 10.2. The molecule has 0 saturated carbocycles. The smallest absolute Gasteiger partial charge is 0.411 e. The number of nitro groups is 1. The van der Waals surface area contributed by atoms with Gasteiger partial charge in [-0.3, -0.25) is 19.8 Å². The number of non-ortho nitro benzene ring substituents is 1. The van der Waals surface area contributed by atoms with Crippen molar-refractivity contribution in [2.45, 2.75) is 38.3 Å². The van der Waals surface area contributed by atoms with Crippen molar-refractivity contribution in [1.29, 1.82) is 0 Å². The maximum absolute atomic E-state index is 12.4. The van der Waals surface area contributed by atoms with E-state index in [9.17, 15) is 19.7 Å². The summed E-state index contributed by atoms with van der Waals surface area (Å²) >= 11 is 1.38. The van der Waals surface area contributed by atoms with Gasteiger partial charge in [0.1, 0.15) is 5.60 Å². The number of carbonyl (C=O) groups is 2. The minimum absolute atomic E-state index is 0.00229. The minimum Gasteiger partial charge on any atom is -0.444 e. The average Bonchev–Trinajstić information content (AvgIpc) is 3.01. The molecule has 1 aliphatic heterocycles. The Morgan fingerprint density at radius 2 is 2.00 bits per heavy atom. The maximum atomic E-state index is 12.4. The fourth-order valence-electron chi connectivity index (χ4n) is 2.21. The molecule has 1 atom stereocenters. The highest BCUT2D eigenvalue weighted by Crippen LogP contribution is 2.26. The van der Waals surface area contributed by atoms with Crippen LogP contribution in [0, 0.1) is 10.1 Å². The molecule has 136 valence electrons. The summed E-state index contributed by atoms with van der Waals surface area (Å²) < 4.78 is 5.33. The van der Waals surface area contributed by atoms with Gasteiger partial charge < -0.3 is 10.1 Å². The van der Waals surface area contributed by atoms with Crippen molar-refractivity contribution >= 4 is 29.4 Å². The van der Waals surface area contributed by atoms with Crippen LogP contribution in [0.3, 0.4) is 0 Å². The summed E-state index contributed by atoms with van der Waals surface area (Å²) in [7, 11) is 0. The number of nitrogens with zero attached hydrogens (tertiary/aromatic N) is 2. The minimum atomic E-state index is -0.632. The van der Waals surface area contributed by atoms with Gasteiger partial charge in [0.25, 0.3) is 11.6 Å². The molecule has 1 unspecified atom stereocenters. The van der Waals surface area contributed by atoms with E-state index in [0.717, 1.165) is 5.56 Å². The molecule has 1 saturated heterocycles. The predicted molar refractivity (Wildman–Crippen MR) is 94.1 cm³/mol. The van der Waals surface area contributed by atoms with Crippen LogP contribution in [0.25, 0.3) is 0 Å². The van der Waals surface area contributed by atoms with Crippen molar-refractivity contribution in [2.75, 3.05) is 12.3 Å². The number of hydrogen-bond donors (Lipinski definition) is 1. The molecule has 1 heterocycles. The normalized spacial score (nSPS) is 17.2. The zero-order valence-corrected chi connectivity index (χ0v) is 15.2. The quantitative estimate of drug-likeness (QED) is 0.648. The molecule has 0 radical (unpaired) electrons. The second-order valence-electron chi connectivity index (χ2n) is 6.54. The second-order valence-corrected chi connectivity index (χ2v) is 7.73. The number of amides is 2. The molecule has 2 rings (SSSR count). The number of carbonyl (C=O) groups excluding carboxylic acids is 2. The topological polar surface area (TPSA) is 102 Å². The summed E-state index contributed by atoms with van der Waals surface area (Å²) in [5.74, 6) is 0.376. The third-order valence-electron chi connectivity index (χ3n) is 3.36. The highest BCUT2D eigenvalue weighted by atomic mass is 32.2. The van der Waals surface area contributed by atoms with Gasteiger partial charge in [0.15, 0.2) is 5.37 Å². The van der Waals surface area contributed by atoms with Crippen molar-refractivity contribution in [3.63, 3.8) is 0 Å². The number of ether oxygens (including phenoxy) is 1. The number of nitrogens with one attached hydrogen (secondary N) is 1. The zero-order valence-electron chi connectivity index (χ0n) is 14.4. The van der Waals surface area contributed by atoms with E-state index in [1.54, 1.807) is 32.9 Å². The fraction of sp³-hybridized carbons (Fsp3) is 0.500. The highest BCUT2D eigenvalue weighted by Gasteiger charge is 2.37. The van der Waals surface area contributed by atoms with Gasteiger partial charge in [-0.2, -0.15) is 0 Å². The molecular formula is C16H21N3O5S. The van der Waals surface area contributed by atoms with E-state index in [1.807, 2.05) is 0 Å². The van der Waals surface area contributed by atoms with Crippen LogP contribution in [0.5, 0.6) is 0 Å². The van der Waals surface area contributed by atoms with E-state index in [0.29, 0.717) is 12.3 Å². The first-order chi connectivity index (χ1) is 11.7. The molecule has 1 aromatic rings. The largest absolute Gasteiger partial charge is 0.444 e. The zero-order chi connectivity index (χ0) is 18.6. The Morgan fingerprint density at radius 1 is 1.36 bits per heavy atom. The van der Waals surface area contributed by atoms with Crippen molar-refractivity contribution in [3.05, 3.63) is 39.9 Å². The van der Waals surface area contributed by atoms with Gasteiger partial charge in [-0.25, -0.2) is 4.79 Å². The van der Waals surface area contributed by atoms with Crippen molar-refractivity contribution in [1.82, 2.24) is 10.2 Å². The van der Waals surface area contributed by atoms with Gasteiger partial charge in [-0.1, -0.05) is 12.1 Å². The molecule has 0 aromatic heterocycles. The number of thioether (sulfide) groups is 1. The Balaban J connectivity index is 1.93. The summed E-state index contributed by atoms with van der Waals surface area (Å²) in [5.41, 5.74) is 0.118. The molecule has 1 aliphatic rings. The van der Waals surface area contributed by atoms with Crippen molar-refractivity contribution < 1.29 is 19.2 Å². The van der Waals surface area contributed by atoms with E-state index in [2.05, 4.69) is 5.32 Å². The number of nitro benzene ring substituents is 1. The van der Waals surface area contributed by atoms with Crippen LogP contribution in [0.4, 0.5) is 10.5 Å². The van der Waals surface area contributed by atoms with E-state index < -0.39 is 22.0 Å². The first-order valence-corrected chi connectivity index (χ1v) is 8.84. The van der Waals surface area contributed by atoms with Gasteiger partial charge in [-0.05, 0) is 26.3 Å². The van der Waals surface area contributed by atoms with Crippen LogP contribution in [-0.2, 0) is 16.1 Å². The van der Waals surface area contributed by atoms with Crippen molar-refractivity contribution in [2.24, 2.45) is 0 Å². The summed E-state index contributed by atoms with van der Waals surface area (Å²) in [6.45, 7) is 6.01. The molecule has 8 nitrogen and oxygen atoms in total. The Labute approximate surface area is 150 Å². The molecule has 1 fully saturated rings.